The first kappa shape index (κ1) is 17.0. The van der Waals surface area contributed by atoms with Gasteiger partial charge in [-0.2, -0.15) is 0 Å². The van der Waals surface area contributed by atoms with Crippen molar-refractivity contribution in [1.82, 2.24) is 16.0 Å². The standard InChI is InChI=1S/C17H21N7/c1-11(5-6-18)17(20)24-16-4-3-14-15(23-16)7-12(10-22-14)13(8-19)9-21-2/h3-10,18,22-23H,19H2,1-2H3,(H2,20,24). The van der Waals surface area contributed by atoms with Gasteiger partial charge in [-0.05, 0) is 36.8 Å². The van der Waals surface area contributed by atoms with Gasteiger partial charge in [-0.25, -0.2) is 0 Å². The molecular formula is C17H21N7. The highest BCUT2D eigenvalue weighted by atomic mass is 15.1. The number of hydrogen-bond donors (Lipinski definition) is 6. The minimum absolute atomic E-state index is 0.231. The van der Waals surface area contributed by atoms with Crippen molar-refractivity contribution in [3.05, 3.63) is 70.6 Å². The van der Waals surface area contributed by atoms with Gasteiger partial charge >= 0.3 is 0 Å². The number of aliphatic imine (C=N–C) groups is 1. The second-order valence-electron chi connectivity index (χ2n) is 5.11. The van der Waals surface area contributed by atoms with Gasteiger partial charge < -0.3 is 27.1 Å². The molecule has 0 spiro atoms. The average molecular weight is 323 g/mol. The molecule has 0 atom stereocenters. The summed E-state index contributed by atoms with van der Waals surface area (Å²) in [5.41, 5.74) is 9.82. The quantitative estimate of drug-likeness (QED) is 0.338. The van der Waals surface area contributed by atoms with Crippen LogP contribution >= 0.6 is 0 Å². The van der Waals surface area contributed by atoms with E-state index in [0.717, 1.165) is 28.8 Å². The lowest BCUT2D eigenvalue weighted by Crippen LogP contribution is -2.35. The molecule has 124 valence electrons. The Hall–Kier alpha value is -3.35. The first-order valence-electron chi connectivity index (χ1n) is 7.34. The van der Waals surface area contributed by atoms with Crippen LogP contribution in [0.3, 0.4) is 0 Å². The molecule has 0 aliphatic carbocycles. The third-order valence-corrected chi connectivity index (χ3v) is 3.43. The minimum atomic E-state index is 0.231. The number of nitrogens with two attached hydrogens (primary N) is 1. The number of nitrogens with one attached hydrogen (secondary N) is 5. The summed E-state index contributed by atoms with van der Waals surface area (Å²) >= 11 is 0. The highest BCUT2D eigenvalue weighted by Crippen LogP contribution is 2.21. The Bertz CT molecular complexity index is 758. The van der Waals surface area contributed by atoms with Crippen LogP contribution in [-0.4, -0.2) is 25.3 Å². The predicted octanol–water partition coefficient (Wildman–Crippen LogP) is 1.39. The van der Waals surface area contributed by atoms with Crippen LogP contribution in [0, 0.1) is 10.8 Å². The number of dihydropyridines is 2. The molecule has 0 aromatic rings. The Morgan fingerprint density at radius 3 is 2.79 bits per heavy atom. The van der Waals surface area contributed by atoms with Crippen LogP contribution in [0.25, 0.3) is 0 Å². The number of rotatable bonds is 5. The maximum Gasteiger partial charge on any atom is 0.126 e. The van der Waals surface area contributed by atoms with Crippen LogP contribution < -0.4 is 21.7 Å². The van der Waals surface area contributed by atoms with Crippen LogP contribution in [0.2, 0.25) is 0 Å². The van der Waals surface area contributed by atoms with E-state index >= 15 is 0 Å². The molecule has 0 unspecified atom stereocenters. The number of hydrogen-bond acceptors (Lipinski definition) is 6. The van der Waals surface area contributed by atoms with Crippen molar-refractivity contribution >= 4 is 18.3 Å². The molecule has 7 N–H and O–H groups in total. The lowest BCUT2D eigenvalue weighted by Gasteiger charge is -2.25. The van der Waals surface area contributed by atoms with Crippen molar-refractivity contribution in [3.8, 4) is 0 Å². The number of nitrogens with zero attached hydrogens (tertiary/aromatic N) is 1. The molecule has 0 radical (unpaired) electrons. The van der Waals surface area contributed by atoms with E-state index in [9.17, 15) is 0 Å². The second-order valence-corrected chi connectivity index (χ2v) is 5.11. The molecule has 0 amide bonds. The second kappa shape index (κ2) is 7.77. The maximum absolute atomic E-state index is 7.98. The summed E-state index contributed by atoms with van der Waals surface area (Å²) in [4.78, 5) is 3.99. The summed E-state index contributed by atoms with van der Waals surface area (Å²) in [6, 6.07) is 0. The first-order chi connectivity index (χ1) is 11.6. The summed E-state index contributed by atoms with van der Waals surface area (Å²) < 4.78 is 0. The first-order valence-corrected chi connectivity index (χ1v) is 7.34. The van der Waals surface area contributed by atoms with E-state index < -0.39 is 0 Å². The van der Waals surface area contributed by atoms with Crippen LogP contribution in [-0.2, 0) is 0 Å². The third kappa shape index (κ3) is 3.89. The van der Waals surface area contributed by atoms with Gasteiger partial charge in [0.2, 0.25) is 0 Å². The highest BCUT2D eigenvalue weighted by Gasteiger charge is 2.17. The highest BCUT2D eigenvalue weighted by molar-refractivity contribution is 5.99. The van der Waals surface area contributed by atoms with Gasteiger partial charge in [0.25, 0.3) is 0 Å². The Kier molecular flexibility index (Phi) is 5.51. The molecule has 2 aliphatic heterocycles. The summed E-state index contributed by atoms with van der Waals surface area (Å²) in [7, 11) is 1.69. The SMILES string of the molecule is CN=CC(=CN)C1=CNC2=CC=C(NC(=N)C(C)=CC=N)NC2=C1. The fourth-order valence-corrected chi connectivity index (χ4v) is 2.14. The molecule has 0 saturated heterocycles. The van der Waals surface area contributed by atoms with Crippen molar-refractivity contribution in [2.75, 3.05) is 7.05 Å². The Morgan fingerprint density at radius 2 is 2.12 bits per heavy atom. The van der Waals surface area contributed by atoms with Crippen LogP contribution in [0.15, 0.2) is 75.6 Å². The number of amidine groups is 1. The molecule has 2 rings (SSSR count). The molecule has 0 fully saturated rings. The summed E-state index contributed by atoms with van der Waals surface area (Å²) in [5.74, 6) is 0.910. The molecule has 0 bridgehead atoms. The molecule has 7 heteroatoms. The fourth-order valence-electron chi connectivity index (χ4n) is 2.14. The molecule has 0 saturated carbocycles. The molecule has 24 heavy (non-hydrogen) atoms. The lowest BCUT2D eigenvalue weighted by molar-refractivity contribution is 0.836. The van der Waals surface area contributed by atoms with Gasteiger partial charge in [-0.1, -0.05) is 0 Å². The van der Waals surface area contributed by atoms with E-state index in [2.05, 4.69) is 20.9 Å². The predicted molar refractivity (Wildman–Crippen MR) is 98.7 cm³/mol. The molecular weight excluding hydrogens is 302 g/mol. The fraction of sp³-hybridized carbons (Fsp3) is 0.118. The van der Waals surface area contributed by atoms with Gasteiger partial charge in [0, 0.05) is 43.0 Å². The topological polar surface area (TPSA) is 122 Å². The van der Waals surface area contributed by atoms with Crippen molar-refractivity contribution in [1.29, 1.82) is 10.8 Å². The lowest BCUT2D eigenvalue weighted by atomic mass is 10.0. The largest absolute Gasteiger partial charge is 0.404 e. The van der Waals surface area contributed by atoms with Gasteiger partial charge in [0.1, 0.15) is 11.7 Å². The number of allylic oxidation sites excluding steroid dienone is 6. The van der Waals surface area contributed by atoms with Crippen molar-refractivity contribution in [2.24, 2.45) is 10.7 Å². The average Bonchev–Trinajstić information content (AvgIpc) is 2.59. The zero-order valence-corrected chi connectivity index (χ0v) is 13.6. The van der Waals surface area contributed by atoms with Crippen molar-refractivity contribution < 1.29 is 0 Å². The summed E-state index contributed by atoms with van der Waals surface area (Å²) in [5, 5.41) is 24.5. The van der Waals surface area contributed by atoms with E-state index in [4.69, 9.17) is 16.6 Å². The zero-order chi connectivity index (χ0) is 17.5. The van der Waals surface area contributed by atoms with Gasteiger partial charge in [-0.3, -0.25) is 10.4 Å². The molecule has 0 aromatic heterocycles. The van der Waals surface area contributed by atoms with E-state index in [0.29, 0.717) is 11.4 Å². The normalized spacial score (nSPS) is 17.6. The van der Waals surface area contributed by atoms with E-state index in [1.54, 1.807) is 26.3 Å². The molecule has 2 aliphatic rings. The molecule has 7 nitrogen and oxygen atoms in total. The Morgan fingerprint density at radius 1 is 1.33 bits per heavy atom. The van der Waals surface area contributed by atoms with Crippen LogP contribution in [0.4, 0.5) is 0 Å². The summed E-state index contributed by atoms with van der Waals surface area (Å²) in [6.07, 6.45) is 13.5. The zero-order valence-electron chi connectivity index (χ0n) is 13.6. The smallest absolute Gasteiger partial charge is 0.126 e. The maximum atomic E-state index is 7.98. The Labute approximate surface area is 141 Å². The van der Waals surface area contributed by atoms with E-state index in [1.807, 2.05) is 24.4 Å². The third-order valence-electron chi connectivity index (χ3n) is 3.43. The van der Waals surface area contributed by atoms with Crippen LogP contribution in [0.1, 0.15) is 6.92 Å². The summed E-state index contributed by atoms with van der Waals surface area (Å²) in [6.45, 7) is 1.77. The van der Waals surface area contributed by atoms with E-state index in [-0.39, 0.29) is 5.84 Å². The van der Waals surface area contributed by atoms with E-state index in [1.165, 1.54) is 6.20 Å². The van der Waals surface area contributed by atoms with Crippen molar-refractivity contribution in [2.45, 2.75) is 6.92 Å². The monoisotopic (exact) mass is 323 g/mol. The van der Waals surface area contributed by atoms with Crippen molar-refractivity contribution in [3.63, 3.8) is 0 Å². The number of fused-ring (bicyclic) bond motifs is 1. The van der Waals surface area contributed by atoms with Gasteiger partial charge in [0.05, 0.1) is 11.4 Å². The Balaban J connectivity index is 2.16. The van der Waals surface area contributed by atoms with Crippen LogP contribution in [0.5, 0.6) is 0 Å². The minimum Gasteiger partial charge on any atom is -0.404 e. The van der Waals surface area contributed by atoms with Gasteiger partial charge in [0.15, 0.2) is 0 Å². The van der Waals surface area contributed by atoms with Gasteiger partial charge in [-0.15, -0.1) is 0 Å². The molecule has 0 aromatic carbocycles. The molecule has 2 heterocycles.